The van der Waals surface area contributed by atoms with E-state index in [1.165, 1.54) is 11.8 Å². The van der Waals surface area contributed by atoms with Crippen LogP contribution in [0.3, 0.4) is 0 Å². The first-order valence-corrected chi connectivity index (χ1v) is 15.5. The van der Waals surface area contributed by atoms with Crippen LogP contribution in [0, 0.1) is 0 Å². The first kappa shape index (κ1) is 30.6. The minimum Gasteiger partial charge on any atom is -0.493 e. The molecule has 0 atom stereocenters. The molecule has 3 aromatic carbocycles. The molecule has 1 aliphatic rings. The Morgan fingerprint density at radius 2 is 1.72 bits per heavy atom. The van der Waals surface area contributed by atoms with Crippen LogP contribution in [0.4, 0.5) is 0 Å². The molecule has 1 aliphatic heterocycles. The number of unbranched alkanes of at least 4 members (excludes halogenated alkanes) is 2. The summed E-state index contributed by atoms with van der Waals surface area (Å²) in [4.78, 5) is 30.9. The number of hydrogen-bond acceptors (Lipinski definition) is 8. The second kappa shape index (κ2) is 14.5. The second-order valence-corrected chi connectivity index (χ2v) is 11.5. The van der Waals surface area contributed by atoms with Gasteiger partial charge >= 0.3 is 0 Å². The summed E-state index contributed by atoms with van der Waals surface area (Å²) in [6.45, 7) is 1.17. The van der Waals surface area contributed by atoms with E-state index in [0.717, 1.165) is 30.4 Å². The number of ether oxygens (including phenoxy) is 4. The van der Waals surface area contributed by atoms with Crippen molar-refractivity contribution in [1.82, 2.24) is 14.9 Å². The minimum atomic E-state index is -0.116. The highest BCUT2D eigenvalue weighted by atomic mass is 35.5. The van der Waals surface area contributed by atoms with Crippen molar-refractivity contribution in [2.75, 3.05) is 27.6 Å². The zero-order valence-corrected chi connectivity index (χ0v) is 25.8. The molecule has 0 saturated carbocycles. The van der Waals surface area contributed by atoms with Crippen molar-refractivity contribution in [2.24, 2.45) is 0 Å². The molecule has 0 aliphatic carbocycles. The normalized spacial score (nSPS) is 12.0. The molecule has 5 rings (SSSR count). The summed E-state index contributed by atoms with van der Waals surface area (Å²) in [5.74, 6) is 3.15. The zero-order valence-electron chi connectivity index (χ0n) is 24.2. The van der Waals surface area contributed by atoms with E-state index < -0.39 is 0 Å². The van der Waals surface area contributed by atoms with Crippen LogP contribution >= 0.6 is 23.4 Å². The van der Waals surface area contributed by atoms with Gasteiger partial charge in [-0.15, -0.1) is 0 Å². The average Bonchev–Trinajstić information content (AvgIpc) is 3.48. The monoisotopic (exact) mass is 623 g/mol. The second-order valence-electron chi connectivity index (χ2n) is 10.1. The molecule has 1 amide bonds. The lowest BCUT2D eigenvalue weighted by Crippen LogP contribution is -2.25. The number of aromatic nitrogens is 2. The first-order chi connectivity index (χ1) is 20.9. The number of benzene rings is 3. The quantitative estimate of drug-likeness (QED) is 0.104. The Bertz CT molecular complexity index is 1640. The first-order valence-electron chi connectivity index (χ1n) is 14.1. The number of rotatable bonds is 14. The highest BCUT2D eigenvalue weighted by molar-refractivity contribution is 7.98. The molecule has 226 valence electrons. The molecule has 0 fully saturated rings. The fourth-order valence-corrected chi connectivity index (χ4v) is 5.94. The van der Waals surface area contributed by atoms with Crippen molar-refractivity contribution in [3.8, 4) is 23.0 Å². The van der Waals surface area contributed by atoms with E-state index in [0.29, 0.717) is 75.8 Å². The minimum absolute atomic E-state index is 0.0142. The molecule has 11 heteroatoms. The lowest BCUT2D eigenvalue weighted by Gasteiger charge is -2.14. The summed E-state index contributed by atoms with van der Waals surface area (Å²) in [5.41, 5.74) is 2.60. The molecule has 1 aromatic heterocycles. The fourth-order valence-electron chi connectivity index (χ4n) is 4.83. The topological polar surface area (TPSA) is 101 Å². The van der Waals surface area contributed by atoms with Crippen LogP contribution in [0.25, 0.3) is 10.9 Å². The Morgan fingerprint density at radius 1 is 0.977 bits per heavy atom. The predicted molar refractivity (Wildman–Crippen MR) is 168 cm³/mol. The number of hydrogen-bond donors (Lipinski definition) is 1. The number of nitrogens with one attached hydrogen (secondary N) is 1. The van der Waals surface area contributed by atoms with Crippen molar-refractivity contribution in [3.05, 3.63) is 81.1 Å². The number of halogens is 1. The van der Waals surface area contributed by atoms with Gasteiger partial charge in [-0.05, 0) is 60.7 Å². The van der Waals surface area contributed by atoms with E-state index in [-0.39, 0.29) is 18.3 Å². The van der Waals surface area contributed by atoms with Gasteiger partial charge in [0.05, 0.1) is 25.1 Å². The van der Waals surface area contributed by atoms with Crippen molar-refractivity contribution >= 4 is 40.2 Å². The molecule has 4 aromatic rings. The summed E-state index contributed by atoms with van der Waals surface area (Å²) in [6.07, 6.45) is 3.39. The highest BCUT2D eigenvalue weighted by Crippen LogP contribution is 2.35. The largest absolute Gasteiger partial charge is 0.493 e. The molecular formula is C32H34ClN3O6S. The molecule has 0 saturated heterocycles. The third-order valence-electron chi connectivity index (χ3n) is 7.16. The fraction of sp³-hybridized carbons (Fsp3) is 0.344. The van der Waals surface area contributed by atoms with Crippen molar-refractivity contribution < 1.29 is 23.7 Å². The van der Waals surface area contributed by atoms with Gasteiger partial charge in [0.15, 0.2) is 28.2 Å². The lowest BCUT2D eigenvalue weighted by molar-refractivity contribution is -0.121. The van der Waals surface area contributed by atoms with E-state index in [9.17, 15) is 9.59 Å². The molecule has 0 bridgehead atoms. The van der Waals surface area contributed by atoms with E-state index in [2.05, 4.69) is 5.32 Å². The standard InChI is InChI=1S/C32H34ClN3O6S/c1-39-26-12-9-21(16-27(26)40-2)13-14-34-30(37)6-4-3-5-15-36-31(38)24-17-28-29(42-20-41-28)18-25(24)35-32(36)43-19-22-7-10-23(33)11-8-22/h7-12,16-18H,3-6,13-15,19-20H2,1-2H3,(H,34,37). The molecule has 2 heterocycles. The SMILES string of the molecule is COc1ccc(CCNC(=O)CCCCCn2c(SCc3ccc(Cl)cc3)nc3cc4c(cc3c2=O)OCO4)cc1OC. The number of carbonyl (C=O) groups is 1. The Labute approximate surface area is 259 Å². The smallest absolute Gasteiger partial charge is 0.262 e. The number of thioether (sulfide) groups is 1. The summed E-state index contributed by atoms with van der Waals surface area (Å²) in [6, 6.07) is 16.9. The number of carbonyl (C=O) groups excluding carboxylic acids is 1. The molecule has 0 unspecified atom stereocenters. The van der Waals surface area contributed by atoms with Gasteiger partial charge in [0, 0.05) is 36.4 Å². The van der Waals surface area contributed by atoms with Crippen LogP contribution in [-0.2, 0) is 23.5 Å². The summed E-state index contributed by atoms with van der Waals surface area (Å²) in [5, 5.41) is 4.80. The maximum atomic E-state index is 13.6. The summed E-state index contributed by atoms with van der Waals surface area (Å²) >= 11 is 7.55. The maximum absolute atomic E-state index is 13.6. The molecule has 0 spiro atoms. The van der Waals surface area contributed by atoms with Gasteiger partial charge < -0.3 is 24.3 Å². The summed E-state index contributed by atoms with van der Waals surface area (Å²) < 4.78 is 23.3. The molecule has 0 radical (unpaired) electrons. The van der Waals surface area contributed by atoms with E-state index in [1.54, 1.807) is 30.9 Å². The van der Waals surface area contributed by atoms with Crippen LogP contribution in [0.1, 0.15) is 36.8 Å². The van der Waals surface area contributed by atoms with Crippen molar-refractivity contribution in [3.63, 3.8) is 0 Å². The number of nitrogens with zero attached hydrogens (tertiary/aromatic N) is 2. The predicted octanol–water partition coefficient (Wildman–Crippen LogP) is 6.01. The summed E-state index contributed by atoms with van der Waals surface area (Å²) in [7, 11) is 3.21. The Balaban J connectivity index is 1.16. The van der Waals surface area contributed by atoms with Gasteiger partial charge in [-0.25, -0.2) is 4.98 Å². The Kier molecular flexibility index (Phi) is 10.3. The maximum Gasteiger partial charge on any atom is 0.262 e. The molecule has 43 heavy (non-hydrogen) atoms. The van der Waals surface area contributed by atoms with E-state index >= 15 is 0 Å². The van der Waals surface area contributed by atoms with Gasteiger partial charge in [0.1, 0.15) is 0 Å². The van der Waals surface area contributed by atoms with Gasteiger partial charge in [-0.2, -0.15) is 0 Å². The molecular weight excluding hydrogens is 590 g/mol. The number of fused-ring (bicyclic) bond motifs is 2. The van der Waals surface area contributed by atoms with Crippen LogP contribution in [0.2, 0.25) is 5.02 Å². The average molecular weight is 624 g/mol. The molecule has 9 nitrogen and oxygen atoms in total. The zero-order chi connectivity index (χ0) is 30.2. The Hall–Kier alpha value is -3.89. The van der Waals surface area contributed by atoms with E-state index in [4.69, 9.17) is 35.5 Å². The highest BCUT2D eigenvalue weighted by Gasteiger charge is 2.19. The third-order valence-corrected chi connectivity index (χ3v) is 8.46. The van der Waals surface area contributed by atoms with Crippen LogP contribution in [-0.4, -0.2) is 43.0 Å². The van der Waals surface area contributed by atoms with Gasteiger partial charge in [0.2, 0.25) is 12.7 Å². The molecule has 1 N–H and O–H groups in total. The van der Waals surface area contributed by atoms with E-state index in [1.807, 2.05) is 42.5 Å². The van der Waals surface area contributed by atoms with Gasteiger partial charge in [-0.3, -0.25) is 14.2 Å². The van der Waals surface area contributed by atoms with Crippen LogP contribution < -0.4 is 29.8 Å². The van der Waals surface area contributed by atoms with Crippen LogP contribution in [0.5, 0.6) is 23.0 Å². The van der Waals surface area contributed by atoms with Gasteiger partial charge in [0.25, 0.3) is 5.56 Å². The number of methoxy groups -OCH3 is 2. The third kappa shape index (κ3) is 7.74. The van der Waals surface area contributed by atoms with Crippen molar-refractivity contribution in [2.45, 2.75) is 49.6 Å². The lowest BCUT2D eigenvalue weighted by atomic mass is 10.1. The Morgan fingerprint density at radius 3 is 2.49 bits per heavy atom. The van der Waals surface area contributed by atoms with Gasteiger partial charge in [-0.1, -0.05) is 48.0 Å². The van der Waals surface area contributed by atoms with Crippen molar-refractivity contribution in [1.29, 1.82) is 0 Å². The number of amides is 1. The van der Waals surface area contributed by atoms with Crippen LogP contribution in [0.15, 0.2) is 64.5 Å².